The second-order valence-electron chi connectivity index (χ2n) is 7.40. The first-order valence-electron chi connectivity index (χ1n) is 9.04. The summed E-state index contributed by atoms with van der Waals surface area (Å²) in [7, 11) is 0. The minimum atomic E-state index is 0.211. The van der Waals surface area contributed by atoms with Crippen molar-refractivity contribution in [3.63, 3.8) is 0 Å². The molecule has 1 aromatic rings. The second-order valence-corrected chi connectivity index (χ2v) is 8.35. The lowest BCUT2D eigenvalue weighted by Crippen LogP contribution is -2.46. The highest BCUT2D eigenvalue weighted by Gasteiger charge is 2.40. The van der Waals surface area contributed by atoms with Crippen LogP contribution in [0.1, 0.15) is 18.7 Å². The normalized spacial score (nSPS) is 31.2. The summed E-state index contributed by atoms with van der Waals surface area (Å²) in [6, 6.07) is 4.46. The van der Waals surface area contributed by atoms with Crippen LogP contribution in [-0.2, 0) is 0 Å². The molecule has 2 saturated heterocycles. The Bertz CT molecular complexity index is 792. The SMILES string of the molecule is CC1=CN2C(c3cccs3)=CN=C(N3CC4CNCC4C3)C2=NC1C. The maximum atomic E-state index is 5.02. The Kier molecular flexibility index (Phi) is 3.57. The van der Waals surface area contributed by atoms with Crippen LogP contribution in [0.25, 0.3) is 5.70 Å². The maximum Gasteiger partial charge on any atom is 0.176 e. The van der Waals surface area contributed by atoms with Crippen molar-refractivity contribution in [2.75, 3.05) is 26.2 Å². The fraction of sp³-hybridized carbons (Fsp3) is 0.474. The Hall–Kier alpha value is -1.92. The molecule has 6 heteroatoms. The van der Waals surface area contributed by atoms with Crippen molar-refractivity contribution in [2.45, 2.75) is 19.9 Å². The van der Waals surface area contributed by atoms with E-state index in [1.807, 2.05) is 6.20 Å². The van der Waals surface area contributed by atoms with Crippen molar-refractivity contribution < 1.29 is 0 Å². The monoisotopic (exact) mass is 353 g/mol. The van der Waals surface area contributed by atoms with Crippen LogP contribution in [0.15, 0.2) is 45.5 Å². The number of nitrogens with one attached hydrogen (secondary N) is 1. The van der Waals surface area contributed by atoms with Gasteiger partial charge in [-0.2, -0.15) is 0 Å². The number of likely N-dealkylation sites (tertiary alicyclic amines) is 1. The maximum absolute atomic E-state index is 5.02. The summed E-state index contributed by atoms with van der Waals surface area (Å²) in [6.07, 6.45) is 4.26. The van der Waals surface area contributed by atoms with Crippen molar-refractivity contribution in [1.82, 2.24) is 15.1 Å². The van der Waals surface area contributed by atoms with Gasteiger partial charge in [0, 0.05) is 32.4 Å². The molecule has 0 saturated carbocycles. The van der Waals surface area contributed by atoms with Crippen LogP contribution < -0.4 is 5.32 Å². The molecule has 4 aliphatic heterocycles. The molecule has 0 radical (unpaired) electrons. The topological polar surface area (TPSA) is 43.2 Å². The van der Waals surface area contributed by atoms with E-state index in [-0.39, 0.29) is 6.04 Å². The average Bonchev–Trinajstić information content (AvgIpc) is 3.32. The summed E-state index contributed by atoms with van der Waals surface area (Å²) in [5.74, 6) is 3.55. The number of fused-ring (bicyclic) bond motifs is 2. The molecule has 0 aromatic carbocycles. The van der Waals surface area contributed by atoms with Gasteiger partial charge < -0.3 is 10.2 Å². The largest absolute Gasteiger partial charge is 0.353 e. The van der Waals surface area contributed by atoms with E-state index < -0.39 is 0 Å². The van der Waals surface area contributed by atoms with Gasteiger partial charge in [-0.15, -0.1) is 11.3 Å². The van der Waals surface area contributed by atoms with Crippen LogP contribution in [0.4, 0.5) is 0 Å². The first kappa shape index (κ1) is 15.3. The van der Waals surface area contributed by atoms with Crippen LogP contribution in [-0.4, -0.2) is 53.7 Å². The minimum Gasteiger partial charge on any atom is -0.353 e. The Morgan fingerprint density at radius 2 is 2.00 bits per heavy atom. The lowest BCUT2D eigenvalue weighted by Gasteiger charge is -2.36. The van der Waals surface area contributed by atoms with Gasteiger partial charge >= 0.3 is 0 Å². The van der Waals surface area contributed by atoms with Crippen molar-refractivity contribution in [3.8, 4) is 0 Å². The molecule has 3 unspecified atom stereocenters. The molecule has 0 bridgehead atoms. The van der Waals surface area contributed by atoms with Gasteiger partial charge in [0.05, 0.1) is 22.8 Å². The molecule has 2 fully saturated rings. The summed E-state index contributed by atoms with van der Waals surface area (Å²) in [4.78, 5) is 15.8. The lowest BCUT2D eigenvalue weighted by molar-refractivity contribution is 0.468. The molecule has 130 valence electrons. The molecule has 25 heavy (non-hydrogen) atoms. The molecule has 4 aliphatic rings. The van der Waals surface area contributed by atoms with E-state index >= 15 is 0 Å². The second kappa shape index (κ2) is 5.81. The molecule has 5 heterocycles. The molecule has 0 spiro atoms. The number of rotatable bonds is 1. The average molecular weight is 353 g/mol. The third kappa shape index (κ3) is 2.47. The van der Waals surface area contributed by atoms with Gasteiger partial charge in [0.25, 0.3) is 0 Å². The van der Waals surface area contributed by atoms with Crippen LogP contribution in [0.2, 0.25) is 0 Å². The van der Waals surface area contributed by atoms with Crippen molar-refractivity contribution in [1.29, 1.82) is 0 Å². The minimum absolute atomic E-state index is 0.211. The van der Waals surface area contributed by atoms with Gasteiger partial charge in [0.1, 0.15) is 0 Å². The van der Waals surface area contributed by atoms with E-state index in [1.165, 1.54) is 10.5 Å². The van der Waals surface area contributed by atoms with E-state index in [0.717, 1.165) is 55.4 Å². The third-order valence-corrected chi connectivity index (χ3v) is 6.66. The Labute approximate surface area is 152 Å². The molecule has 0 amide bonds. The van der Waals surface area contributed by atoms with Crippen LogP contribution >= 0.6 is 11.3 Å². The molecule has 3 atom stereocenters. The van der Waals surface area contributed by atoms with Gasteiger partial charge in [-0.3, -0.25) is 9.89 Å². The van der Waals surface area contributed by atoms with Crippen molar-refractivity contribution in [2.24, 2.45) is 21.8 Å². The van der Waals surface area contributed by atoms with Crippen LogP contribution in [0, 0.1) is 11.8 Å². The van der Waals surface area contributed by atoms with E-state index in [0.29, 0.717) is 0 Å². The van der Waals surface area contributed by atoms with Crippen molar-refractivity contribution in [3.05, 3.63) is 40.4 Å². The molecule has 5 rings (SSSR count). The zero-order valence-electron chi connectivity index (χ0n) is 14.6. The smallest absolute Gasteiger partial charge is 0.176 e. The van der Waals surface area contributed by atoms with Crippen LogP contribution in [0.5, 0.6) is 0 Å². The summed E-state index contributed by atoms with van der Waals surface area (Å²) in [6.45, 7) is 8.77. The standard InChI is InChI=1S/C19H23N5S/c1-12-9-24-16(17-4-3-5-25-17)8-21-18(19(24)22-13(12)2)23-10-14-6-20-7-15(14)11-23/h3-5,8-9,13-15,20H,6-7,10-11H2,1-2H3. The van der Waals surface area contributed by atoms with E-state index in [4.69, 9.17) is 9.98 Å². The summed E-state index contributed by atoms with van der Waals surface area (Å²) in [5.41, 5.74) is 2.42. The highest BCUT2D eigenvalue weighted by molar-refractivity contribution is 7.11. The van der Waals surface area contributed by atoms with Gasteiger partial charge in [-0.05, 0) is 42.7 Å². The predicted octanol–water partition coefficient (Wildman–Crippen LogP) is 2.62. The number of thiophene rings is 1. The predicted molar refractivity (Wildman–Crippen MR) is 104 cm³/mol. The zero-order valence-corrected chi connectivity index (χ0v) is 15.5. The Morgan fingerprint density at radius 1 is 1.20 bits per heavy atom. The highest BCUT2D eigenvalue weighted by Crippen LogP contribution is 2.34. The van der Waals surface area contributed by atoms with Crippen molar-refractivity contribution >= 4 is 28.7 Å². The number of aliphatic imine (C=N–C) groups is 2. The quantitative estimate of drug-likeness (QED) is 0.844. The highest BCUT2D eigenvalue weighted by atomic mass is 32.1. The van der Waals surface area contributed by atoms with E-state index in [2.05, 4.69) is 52.7 Å². The van der Waals surface area contributed by atoms with Crippen LogP contribution in [0.3, 0.4) is 0 Å². The van der Waals surface area contributed by atoms with E-state index in [9.17, 15) is 0 Å². The fourth-order valence-electron chi connectivity index (χ4n) is 4.17. The summed E-state index contributed by atoms with van der Waals surface area (Å²) >= 11 is 1.75. The van der Waals surface area contributed by atoms with Gasteiger partial charge in [-0.25, -0.2) is 4.99 Å². The first-order valence-corrected chi connectivity index (χ1v) is 9.92. The number of hydrogen-bond donors (Lipinski definition) is 1. The Balaban J connectivity index is 1.54. The number of hydrogen-bond acceptors (Lipinski definition) is 6. The third-order valence-electron chi connectivity index (χ3n) is 5.77. The summed E-state index contributed by atoms with van der Waals surface area (Å²) in [5, 5.41) is 5.63. The van der Waals surface area contributed by atoms with E-state index in [1.54, 1.807) is 11.3 Å². The summed E-state index contributed by atoms with van der Waals surface area (Å²) < 4.78 is 0. The molecule has 5 nitrogen and oxygen atoms in total. The lowest BCUT2D eigenvalue weighted by atomic mass is 10.0. The fourth-order valence-corrected chi connectivity index (χ4v) is 4.90. The number of amidine groups is 2. The molecule has 1 N–H and O–H groups in total. The molecular weight excluding hydrogens is 330 g/mol. The van der Waals surface area contributed by atoms with Gasteiger partial charge in [-0.1, -0.05) is 6.07 Å². The first-order chi connectivity index (χ1) is 12.2. The molecule has 0 aliphatic carbocycles. The molecular formula is C19H23N5S. The number of nitrogens with zero attached hydrogens (tertiary/aromatic N) is 4. The van der Waals surface area contributed by atoms with Gasteiger partial charge in [0.2, 0.25) is 0 Å². The zero-order chi connectivity index (χ0) is 17.0. The molecule has 1 aromatic heterocycles. The van der Waals surface area contributed by atoms with Gasteiger partial charge in [0.15, 0.2) is 11.7 Å². The Morgan fingerprint density at radius 3 is 2.72 bits per heavy atom.